The number of nitrogens with zero attached hydrogens (tertiary/aromatic N) is 4. The Morgan fingerprint density at radius 1 is 1.14 bits per heavy atom. The molecule has 0 saturated carbocycles. The maximum absolute atomic E-state index is 13.9. The van der Waals surface area contributed by atoms with Crippen LogP contribution in [0.3, 0.4) is 0 Å². The third kappa shape index (κ3) is 4.45. The van der Waals surface area contributed by atoms with Crippen molar-refractivity contribution in [1.29, 1.82) is 0 Å². The van der Waals surface area contributed by atoms with Gasteiger partial charge in [0.05, 0.1) is 16.8 Å². The molecular weight excluding hydrogens is 372 g/mol. The molecule has 0 unspecified atom stereocenters. The number of aryl methyl sites for hydroxylation is 2. The lowest BCUT2D eigenvalue weighted by Gasteiger charge is -2.28. The fourth-order valence-corrected chi connectivity index (χ4v) is 4.08. The molecule has 0 aliphatic carbocycles. The highest BCUT2D eigenvalue weighted by molar-refractivity contribution is 5.80. The number of hydrogen-bond acceptors (Lipinski definition) is 4. The largest absolute Gasteiger partial charge is 0.338 e. The van der Waals surface area contributed by atoms with E-state index < -0.39 is 11.6 Å². The molecule has 7 heteroatoms. The molecule has 154 valence electrons. The highest BCUT2D eigenvalue weighted by Crippen LogP contribution is 2.25. The maximum atomic E-state index is 13.9. The molecule has 1 saturated heterocycles. The number of rotatable bonds is 6. The second-order valence-corrected chi connectivity index (χ2v) is 8.12. The number of benzene rings is 1. The SMILES string of the molecule is Cc1nc(CCCCC2CCN(C)CC2)ncc1-c1nc2c(F)c(F)ccc2[nH]1. The van der Waals surface area contributed by atoms with Gasteiger partial charge in [0.2, 0.25) is 0 Å². The Morgan fingerprint density at radius 3 is 2.69 bits per heavy atom. The molecular formula is C22H27F2N5. The average molecular weight is 399 g/mol. The minimum absolute atomic E-state index is 0.00242. The zero-order chi connectivity index (χ0) is 20.4. The van der Waals surface area contributed by atoms with Crippen LogP contribution in [-0.4, -0.2) is 45.0 Å². The van der Waals surface area contributed by atoms with Crippen molar-refractivity contribution >= 4 is 11.0 Å². The summed E-state index contributed by atoms with van der Waals surface area (Å²) >= 11 is 0. The van der Waals surface area contributed by atoms with Crippen molar-refractivity contribution in [3.8, 4) is 11.4 Å². The van der Waals surface area contributed by atoms with E-state index in [1.165, 1.54) is 44.8 Å². The van der Waals surface area contributed by atoms with Crippen LogP contribution >= 0.6 is 0 Å². The summed E-state index contributed by atoms with van der Waals surface area (Å²) in [5.74, 6) is 0.289. The Morgan fingerprint density at radius 2 is 1.93 bits per heavy atom. The summed E-state index contributed by atoms with van der Waals surface area (Å²) in [6.07, 6.45) is 8.76. The summed E-state index contributed by atoms with van der Waals surface area (Å²) in [7, 11) is 2.19. The molecule has 4 rings (SSSR count). The maximum Gasteiger partial charge on any atom is 0.186 e. The second kappa shape index (κ2) is 8.53. The molecule has 3 aromatic rings. The van der Waals surface area contributed by atoms with Crippen LogP contribution in [0, 0.1) is 24.5 Å². The lowest BCUT2D eigenvalue weighted by atomic mass is 9.91. The van der Waals surface area contributed by atoms with E-state index in [4.69, 9.17) is 0 Å². The predicted octanol–water partition coefficient (Wildman–Crippen LogP) is 4.66. The fraction of sp³-hybridized carbons (Fsp3) is 0.500. The number of aromatic nitrogens is 4. The van der Waals surface area contributed by atoms with Crippen LogP contribution in [-0.2, 0) is 6.42 Å². The first-order valence-electron chi connectivity index (χ1n) is 10.4. The van der Waals surface area contributed by atoms with Gasteiger partial charge < -0.3 is 9.88 Å². The first kappa shape index (κ1) is 19.9. The molecule has 0 amide bonds. The summed E-state index contributed by atoms with van der Waals surface area (Å²) in [6.45, 7) is 4.32. The molecule has 29 heavy (non-hydrogen) atoms. The van der Waals surface area contributed by atoms with Crippen molar-refractivity contribution in [1.82, 2.24) is 24.8 Å². The van der Waals surface area contributed by atoms with Crippen molar-refractivity contribution < 1.29 is 8.78 Å². The molecule has 1 N–H and O–H groups in total. The van der Waals surface area contributed by atoms with Gasteiger partial charge in [0.25, 0.3) is 0 Å². The number of hydrogen-bond donors (Lipinski definition) is 1. The predicted molar refractivity (Wildman–Crippen MR) is 110 cm³/mol. The molecule has 1 aliphatic heterocycles. The van der Waals surface area contributed by atoms with E-state index >= 15 is 0 Å². The van der Waals surface area contributed by atoms with Gasteiger partial charge in [0, 0.05) is 12.6 Å². The van der Waals surface area contributed by atoms with Crippen LogP contribution in [0.1, 0.15) is 43.6 Å². The van der Waals surface area contributed by atoms with Crippen LogP contribution in [0.5, 0.6) is 0 Å². The van der Waals surface area contributed by atoms with Crippen molar-refractivity contribution in [2.75, 3.05) is 20.1 Å². The van der Waals surface area contributed by atoms with Crippen LogP contribution in [0.25, 0.3) is 22.4 Å². The lowest BCUT2D eigenvalue weighted by molar-refractivity contribution is 0.209. The van der Waals surface area contributed by atoms with Crippen molar-refractivity contribution in [2.24, 2.45) is 5.92 Å². The summed E-state index contributed by atoms with van der Waals surface area (Å²) in [5.41, 5.74) is 1.94. The van der Waals surface area contributed by atoms with Gasteiger partial charge >= 0.3 is 0 Å². The number of halogens is 2. The van der Waals surface area contributed by atoms with Gasteiger partial charge in [-0.1, -0.05) is 12.8 Å². The van der Waals surface area contributed by atoms with Crippen LogP contribution in [0.2, 0.25) is 0 Å². The van der Waals surface area contributed by atoms with E-state index in [0.29, 0.717) is 16.9 Å². The van der Waals surface area contributed by atoms with Crippen LogP contribution < -0.4 is 0 Å². The molecule has 1 aromatic carbocycles. The van der Waals surface area contributed by atoms with Crippen molar-refractivity contribution in [2.45, 2.75) is 45.4 Å². The minimum atomic E-state index is -0.940. The van der Waals surface area contributed by atoms with E-state index in [9.17, 15) is 8.78 Å². The number of imidazole rings is 1. The third-order valence-electron chi connectivity index (χ3n) is 5.93. The molecule has 1 aliphatic rings. The van der Waals surface area contributed by atoms with E-state index in [-0.39, 0.29) is 5.52 Å². The monoisotopic (exact) mass is 399 g/mol. The molecule has 1 fully saturated rings. The Bertz CT molecular complexity index is 992. The zero-order valence-electron chi connectivity index (χ0n) is 17.0. The summed E-state index contributed by atoms with van der Waals surface area (Å²) in [6, 6.07) is 2.58. The Hall–Kier alpha value is -2.41. The fourth-order valence-electron chi connectivity index (χ4n) is 4.08. The zero-order valence-corrected chi connectivity index (χ0v) is 17.0. The van der Waals surface area contributed by atoms with Gasteiger partial charge in [-0.2, -0.15) is 0 Å². The van der Waals surface area contributed by atoms with Gasteiger partial charge in [-0.05, 0) is 64.4 Å². The Kier molecular flexibility index (Phi) is 5.85. The van der Waals surface area contributed by atoms with Gasteiger partial charge in [-0.15, -0.1) is 0 Å². The first-order valence-corrected chi connectivity index (χ1v) is 10.4. The molecule has 2 aromatic heterocycles. The highest BCUT2D eigenvalue weighted by atomic mass is 19.2. The number of likely N-dealkylation sites (tertiary alicyclic amines) is 1. The molecule has 0 bridgehead atoms. The van der Waals surface area contributed by atoms with Crippen molar-refractivity contribution in [3.05, 3.63) is 41.5 Å². The lowest BCUT2D eigenvalue weighted by Crippen LogP contribution is -2.30. The summed E-state index contributed by atoms with van der Waals surface area (Å²) in [5, 5.41) is 0. The number of fused-ring (bicyclic) bond motifs is 1. The first-order chi connectivity index (χ1) is 14.0. The second-order valence-electron chi connectivity index (χ2n) is 8.12. The van der Waals surface area contributed by atoms with Crippen molar-refractivity contribution in [3.63, 3.8) is 0 Å². The van der Waals surface area contributed by atoms with E-state index in [0.717, 1.165) is 36.3 Å². The number of piperidine rings is 1. The summed E-state index contributed by atoms with van der Waals surface area (Å²) < 4.78 is 27.3. The molecule has 0 radical (unpaired) electrons. The molecule has 3 heterocycles. The number of H-pyrrole nitrogens is 1. The van der Waals surface area contributed by atoms with Crippen LogP contribution in [0.4, 0.5) is 8.78 Å². The minimum Gasteiger partial charge on any atom is -0.338 e. The average Bonchev–Trinajstić information content (AvgIpc) is 3.14. The Balaban J connectivity index is 1.37. The molecule has 5 nitrogen and oxygen atoms in total. The molecule has 0 atom stereocenters. The third-order valence-corrected chi connectivity index (χ3v) is 5.93. The normalized spacial score (nSPS) is 16.0. The highest BCUT2D eigenvalue weighted by Gasteiger charge is 2.17. The quantitative estimate of drug-likeness (QED) is 0.613. The number of unbranched alkanes of at least 4 members (excludes halogenated alkanes) is 1. The van der Waals surface area contributed by atoms with Gasteiger partial charge in [-0.25, -0.2) is 23.7 Å². The van der Waals surface area contributed by atoms with Gasteiger partial charge in [0.1, 0.15) is 17.2 Å². The smallest absolute Gasteiger partial charge is 0.186 e. The standard InChI is InChI=1S/C22H27F2N5/c1-14-16(22-27-18-8-7-17(23)20(24)21(18)28-22)13-25-19(26-14)6-4-3-5-15-9-11-29(2)12-10-15/h7-8,13,15H,3-6,9-12H2,1-2H3,(H,27,28). The number of nitrogens with one attached hydrogen (secondary N) is 1. The van der Waals surface area contributed by atoms with Crippen LogP contribution in [0.15, 0.2) is 18.3 Å². The summed E-state index contributed by atoms with van der Waals surface area (Å²) in [4.78, 5) is 18.7. The van der Waals surface area contributed by atoms with Gasteiger partial charge in [0.15, 0.2) is 11.6 Å². The van der Waals surface area contributed by atoms with E-state index in [1.54, 1.807) is 6.20 Å². The molecule has 0 spiro atoms. The number of aromatic amines is 1. The van der Waals surface area contributed by atoms with Gasteiger partial charge in [-0.3, -0.25) is 0 Å². The van der Waals surface area contributed by atoms with E-state index in [2.05, 4.69) is 31.9 Å². The topological polar surface area (TPSA) is 57.7 Å². The Labute approximate surface area is 169 Å². The van der Waals surface area contributed by atoms with E-state index in [1.807, 2.05) is 6.92 Å².